The Kier molecular flexibility index (Phi) is 10.5. The average Bonchev–Trinajstić information content (AvgIpc) is 2.16. The Morgan fingerprint density at radius 1 is 0.895 bits per heavy atom. The fourth-order valence-corrected chi connectivity index (χ4v) is 2.05. The molecule has 1 aromatic rings. The Labute approximate surface area is 198 Å². The molecule has 0 radical (unpaired) electrons. The number of carbonyl (C=O) groups excluding carboxylic acids is 2. The van der Waals surface area contributed by atoms with Crippen molar-refractivity contribution >= 4 is 11.9 Å². The van der Waals surface area contributed by atoms with Gasteiger partial charge in [0.25, 0.3) is 0 Å². The van der Waals surface area contributed by atoms with Crippen molar-refractivity contribution in [3.63, 3.8) is 0 Å². The van der Waals surface area contributed by atoms with Crippen LogP contribution in [-0.2, 0) is 15.0 Å². The van der Waals surface area contributed by atoms with Crippen molar-refractivity contribution in [1.29, 1.82) is 0 Å². The zero-order valence-corrected chi connectivity index (χ0v) is 18.3. The summed E-state index contributed by atoms with van der Waals surface area (Å²) in [5.74, 6) is -3.31. The number of carboxylic acids is 2. The zero-order chi connectivity index (χ0) is 13.3. The summed E-state index contributed by atoms with van der Waals surface area (Å²) in [7, 11) is 0. The summed E-state index contributed by atoms with van der Waals surface area (Å²) >= 11 is 0. The van der Waals surface area contributed by atoms with Gasteiger partial charge in [-0.05, 0) is 11.0 Å². The van der Waals surface area contributed by atoms with Crippen molar-refractivity contribution < 1.29 is 123 Å². The van der Waals surface area contributed by atoms with Crippen molar-refractivity contribution in [2.24, 2.45) is 5.41 Å². The molecule has 0 spiro atoms. The molecule has 0 fully saturated rings. The largest absolute Gasteiger partial charge is 1.00 e. The molecule has 0 bridgehead atoms. The van der Waals surface area contributed by atoms with Gasteiger partial charge in [-0.3, -0.25) is 0 Å². The maximum atomic E-state index is 11.4. The third-order valence-electron chi connectivity index (χ3n) is 2.94. The molecule has 0 aromatic heterocycles. The standard InChI is InChI=1S/C13H16O4.2K/c1-12(2,3)13(10(14)15,11(16)17)9-7-5-4-6-8-9;;/h4-8H,1-3H3,(H,14,15)(H,16,17);;/q;2*+1/p-2. The van der Waals surface area contributed by atoms with Crippen LogP contribution in [0, 0.1) is 5.41 Å². The zero-order valence-electron chi connectivity index (χ0n) is 12.0. The van der Waals surface area contributed by atoms with Crippen molar-refractivity contribution in [2.75, 3.05) is 0 Å². The predicted octanol–water partition coefficient (Wildman–Crippen LogP) is -6.52. The molecule has 0 aliphatic carbocycles. The smallest absolute Gasteiger partial charge is 0.549 e. The quantitative estimate of drug-likeness (QED) is 0.411. The molecule has 0 heterocycles. The van der Waals surface area contributed by atoms with Gasteiger partial charge in [0.05, 0.1) is 17.4 Å². The first-order valence-corrected chi connectivity index (χ1v) is 5.23. The summed E-state index contributed by atoms with van der Waals surface area (Å²) in [4.78, 5) is 22.8. The van der Waals surface area contributed by atoms with Crippen LogP contribution in [-0.4, -0.2) is 11.9 Å². The van der Waals surface area contributed by atoms with Crippen molar-refractivity contribution in [2.45, 2.75) is 26.2 Å². The first-order valence-electron chi connectivity index (χ1n) is 5.23. The number of carboxylic acid groups (broad SMARTS) is 2. The van der Waals surface area contributed by atoms with E-state index >= 15 is 0 Å². The molecule has 0 amide bonds. The van der Waals surface area contributed by atoms with Crippen LogP contribution in [0.15, 0.2) is 30.3 Å². The van der Waals surface area contributed by atoms with Gasteiger partial charge in [-0.15, -0.1) is 0 Å². The first kappa shape index (κ1) is 22.7. The van der Waals surface area contributed by atoms with E-state index in [9.17, 15) is 19.8 Å². The molecule has 4 nitrogen and oxygen atoms in total. The van der Waals surface area contributed by atoms with E-state index in [1.165, 1.54) is 32.9 Å². The monoisotopic (exact) mass is 312 g/mol. The van der Waals surface area contributed by atoms with E-state index in [1.54, 1.807) is 18.2 Å². The summed E-state index contributed by atoms with van der Waals surface area (Å²) in [5.41, 5.74) is -3.06. The third kappa shape index (κ3) is 4.45. The molecule has 0 N–H and O–H groups in total. The van der Waals surface area contributed by atoms with Crippen LogP contribution in [0.2, 0.25) is 0 Å². The molecular weight excluding hydrogens is 298 g/mol. The summed E-state index contributed by atoms with van der Waals surface area (Å²) in [6, 6.07) is 7.76. The Balaban J connectivity index is 0. The van der Waals surface area contributed by atoms with Crippen molar-refractivity contribution in [3.05, 3.63) is 35.9 Å². The van der Waals surface area contributed by atoms with E-state index in [0.29, 0.717) is 0 Å². The molecule has 0 saturated heterocycles. The van der Waals surface area contributed by atoms with Crippen LogP contribution >= 0.6 is 0 Å². The average molecular weight is 312 g/mol. The summed E-state index contributed by atoms with van der Waals surface area (Å²) < 4.78 is 0. The van der Waals surface area contributed by atoms with E-state index < -0.39 is 22.8 Å². The predicted molar refractivity (Wildman–Crippen MR) is 57.6 cm³/mol. The summed E-state index contributed by atoms with van der Waals surface area (Å²) in [5, 5.41) is 22.8. The van der Waals surface area contributed by atoms with E-state index in [1.807, 2.05) is 0 Å². The van der Waals surface area contributed by atoms with Crippen LogP contribution in [0.25, 0.3) is 0 Å². The molecule has 92 valence electrons. The van der Waals surface area contributed by atoms with Crippen molar-refractivity contribution in [1.82, 2.24) is 0 Å². The Morgan fingerprint density at radius 3 is 1.53 bits per heavy atom. The molecule has 0 unspecified atom stereocenters. The first-order chi connectivity index (χ1) is 7.74. The van der Waals surface area contributed by atoms with Gasteiger partial charge in [0.2, 0.25) is 0 Å². The van der Waals surface area contributed by atoms with Crippen LogP contribution < -0.4 is 113 Å². The molecule has 1 rings (SSSR count). The van der Waals surface area contributed by atoms with Gasteiger partial charge in [0.15, 0.2) is 0 Å². The van der Waals surface area contributed by atoms with E-state index in [2.05, 4.69) is 0 Å². The molecule has 1 aromatic carbocycles. The van der Waals surface area contributed by atoms with Crippen molar-refractivity contribution in [3.8, 4) is 0 Å². The van der Waals surface area contributed by atoms with Gasteiger partial charge in [-0.25, -0.2) is 0 Å². The fraction of sp³-hybridized carbons (Fsp3) is 0.385. The van der Waals surface area contributed by atoms with Gasteiger partial charge < -0.3 is 19.8 Å². The summed E-state index contributed by atoms with van der Waals surface area (Å²) in [6.45, 7) is 4.60. The Morgan fingerprint density at radius 2 is 1.26 bits per heavy atom. The summed E-state index contributed by atoms with van der Waals surface area (Å²) in [6.07, 6.45) is 0. The minimum Gasteiger partial charge on any atom is -0.549 e. The SMILES string of the molecule is CC(C)(C)C(C(=O)[O-])(C(=O)[O-])c1ccccc1.[K+].[K+]. The number of carbonyl (C=O) groups is 2. The second kappa shape index (κ2) is 8.77. The van der Waals surface area contributed by atoms with Crippen LogP contribution in [0.3, 0.4) is 0 Å². The number of aliphatic carboxylic acids is 2. The van der Waals surface area contributed by atoms with E-state index in [4.69, 9.17) is 0 Å². The number of benzene rings is 1. The van der Waals surface area contributed by atoms with Gasteiger partial charge in [0.1, 0.15) is 0 Å². The molecule has 0 aliphatic rings. The number of hydrogen-bond acceptors (Lipinski definition) is 4. The molecule has 6 heteroatoms. The Hall–Kier alpha value is 1.43. The maximum absolute atomic E-state index is 11.4. The third-order valence-corrected chi connectivity index (χ3v) is 2.94. The normalized spacial score (nSPS) is 10.9. The van der Waals surface area contributed by atoms with Crippen LogP contribution in [0.1, 0.15) is 26.3 Å². The van der Waals surface area contributed by atoms with Gasteiger partial charge in [0, 0.05) is 0 Å². The van der Waals surface area contributed by atoms with Crippen LogP contribution in [0.5, 0.6) is 0 Å². The number of hydrogen-bond donors (Lipinski definition) is 0. The minimum absolute atomic E-state index is 0. The van der Waals surface area contributed by atoms with E-state index in [-0.39, 0.29) is 108 Å². The van der Waals surface area contributed by atoms with Gasteiger partial charge >= 0.3 is 103 Å². The molecule has 0 saturated carbocycles. The molecule has 0 atom stereocenters. The topological polar surface area (TPSA) is 80.3 Å². The maximum Gasteiger partial charge on any atom is 1.00 e. The number of rotatable bonds is 3. The minimum atomic E-state index is -2.16. The van der Waals surface area contributed by atoms with Gasteiger partial charge in [-0.1, -0.05) is 51.1 Å². The molecular formula is C13H14K2O4. The Bertz CT molecular complexity index is 424. The second-order valence-electron chi connectivity index (χ2n) is 4.94. The van der Waals surface area contributed by atoms with E-state index in [0.717, 1.165) is 0 Å². The fourth-order valence-electron chi connectivity index (χ4n) is 2.05. The second-order valence-corrected chi connectivity index (χ2v) is 4.94. The van der Waals surface area contributed by atoms with Crippen LogP contribution in [0.4, 0.5) is 0 Å². The van der Waals surface area contributed by atoms with Gasteiger partial charge in [-0.2, -0.15) is 0 Å². The molecule has 19 heavy (non-hydrogen) atoms. The molecule has 0 aliphatic heterocycles.